The molecule has 0 saturated carbocycles. The van der Waals surface area contributed by atoms with Crippen LogP contribution in [0.4, 0.5) is 11.4 Å². The van der Waals surface area contributed by atoms with Gasteiger partial charge in [0, 0.05) is 11.4 Å². The van der Waals surface area contributed by atoms with Crippen molar-refractivity contribution in [3.8, 4) is 11.5 Å². The van der Waals surface area contributed by atoms with Crippen molar-refractivity contribution in [1.29, 1.82) is 0 Å². The highest BCUT2D eigenvalue weighted by Crippen LogP contribution is 2.33. The normalized spacial score (nSPS) is 10.3. The predicted molar refractivity (Wildman–Crippen MR) is 99.4 cm³/mol. The van der Waals surface area contributed by atoms with Gasteiger partial charge < -0.3 is 15.2 Å². The van der Waals surface area contributed by atoms with Gasteiger partial charge in [-0.15, -0.1) is 0 Å². The number of aromatic carboxylic acids is 1. The fraction of sp³-hybridized carbons (Fsp3) is 0.0500. The molecule has 126 valence electrons. The molecule has 0 spiro atoms. The maximum atomic E-state index is 11.0. The monoisotopic (exact) mass is 353 g/mol. The molecule has 0 aliphatic rings. The fourth-order valence-electron chi connectivity index (χ4n) is 2.36. The Bertz CT molecular complexity index is 910. The number of carboxylic acids is 1. The van der Waals surface area contributed by atoms with Crippen molar-refractivity contribution < 1.29 is 14.6 Å². The number of nitrogens with one attached hydrogen (secondary N) is 1. The highest BCUT2D eigenvalue weighted by atomic mass is 35.5. The lowest BCUT2D eigenvalue weighted by atomic mass is 10.2. The molecule has 0 amide bonds. The fourth-order valence-corrected chi connectivity index (χ4v) is 2.58. The Hall–Kier alpha value is -2.98. The number of carbonyl (C=O) groups is 1. The highest BCUT2D eigenvalue weighted by Gasteiger charge is 2.10. The van der Waals surface area contributed by atoms with Crippen LogP contribution in [0.2, 0.25) is 5.02 Å². The summed E-state index contributed by atoms with van der Waals surface area (Å²) in [6.45, 7) is 1.94. The van der Waals surface area contributed by atoms with Crippen molar-refractivity contribution in [1.82, 2.24) is 0 Å². The Labute approximate surface area is 150 Å². The Morgan fingerprint density at radius 3 is 2.32 bits per heavy atom. The topological polar surface area (TPSA) is 58.6 Å². The standard InChI is InChI=1S/C20H16ClNO3/c1-13-11-16(22-15-5-3-2-4-6-15)8-10-18(13)25-19-9-7-14(20(23)24)12-17(19)21/h2-12,22H,1H3,(H,23,24). The first-order valence-electron chi connectivity index (χ1n) is 7.66. The summed E-state index contributed by atoms with van der Waals surface area (Å²) >= 11 is 6.11. The van der Waals surface area contributed by atoms with Gasteiger partial charge in [-0.25, -0.2) is 4.79 Å². The zero-order valence-electron chi connectivity index (χ0n) is 13.5. The summed E-state index contributed by atoms with van der Waals surface area (Å²) in [7, 11) is 0. The third-order valence-electron chi connectivity index (χ3n) is 3.64. The van der Waals surface area contributed by atoms with E-state index in [1.807, 2.05) is 55.5 Å². The smallest absolute Gasteiger partial charge is 0.335 e. The summed E-state index contributed by atoms with van der Waals surface area (Å²) in [4.78, 5) is 11.0. The number of rotatable bonds is 5. The molecule has 0 aromatic heterocycles. The number of carboxylic acid groups (broad SMARTS) is 1. The van der Waals surface area contributed by atoms with E-state index in [0.717, 1.165) is 16.9 Å². The second-order valence-electron chi connectivity index (χ2n) is 5.52. The molecule has 4 nitrogen and oxygen atoms in total. The van der Waals surface area contributed by atoms with Crippen molar-refractivity contribution in [2.24, 2.45) is 0 Å². The van der Waals surface area contributed by atoms with Crippen molar-refractivity contribution in [3.63, 3.8) is 0 Å². The number of benzene rings is 3. The Morgan fingerprint density at radius 1 is 0.960 bits per heavy atom. The SMILES string of the molecule is Cc1cc(Nc2ccccc2)ccc1Oc1ccc(C(=O)O)cc1Cl. The number of halogens is 1. The van der Waals surface area contributed by atoms with Crippen LogP contribution in [-0.4, -0.2) is 11.1 Å². The van der Waals surface area contributed by atoms with Crippen LogP contribution in [0.15, 0.2) is 66.7 Å². The Kier molecular flexibility index (Phi) is 4.91. The first-order chi connectivity index (χ1) is 12.0. The summed E-state index contributed by atoms with van der Waals surface area (Å²) in [5, 5.41) is 12.6. The van der Waals surface area contributed by atoms with Gasteiger partial charge in [-0.1, -0.05) is 29.8 Å². The number of ether oxygens (including phenoxy) is 1. The molecule has 5 heteroatoms. The summed E-state index contributed by atoms with van der Waals surface area (Å²) in [6, 6.07) is 20.0. The number of anilines is 2. The lowest BCUT2D eigenvalue weighted by Crippen LogP contribution is -1.97. The van der Waals surface area contributed by atoms with Crippen molar-refractivity contribution in [3.05, 3.63) is 82.9 Å². The van der Waals surface area contributed by atoms with Gasteiger partial charge in [0.15, 0.2) is 0 Å². The highest BCUT2D eigenvalue weighted by molar-refractivity contribution is 6.32. The summed E-state index contributed by atoms with van der Waals surface area (Å²) in [6.07, 6.45) is 0. The maximum absolute atomic E-state index is 11.0. The largest absolute Gasteiger partial charge is 0.478 e. The average Bonchev–Trinajstić information content (AvgIpc) is 2.59. The van der Waals surface area contributed by atoms with Crippen molar-refractivity contribution >= 4 is 28.9 Å². The molecule has 0 saturated heterocycles. The molecule has 0 fully saturated rings. The van der Waals surface area contributed by atoms with Crippen LogP contribution in [-0.2, 0) is 0 Å². The van der Waals surface area contributed by atoms with Crippen molar-refractivity contribution in [2.45, 2.75) is 6.92 Å². The molecule has 2 N–H and O–H groups in total. The minimum absolute atomic E-state index is 0.122. The van der Waals surface area contributed by atoms with E-state index in [-0.39, 0.29) is 10.6 Å². The number of aryl methyl sites for hydroxylation is 1. The minimum atomic E-state index is -1.03. The minimum Gasteiger partial charge on any atom is -0.478 e. The number of hydrogen-bond donors (Lipinski definition) is 2. The van der Waals surface area contributed by atoms with E-state index < -0.39 is 5.97 Å². The molecule has 0 heterocycles. The van der Waals surface area contributed by atoms with Crippen molar-refractivity contribution in [2.75, 3.05) is 5.32 Å². The van der Waals surface area contributed by atoms with E-state index in [1.165, 1.54) is 12.1 Å². The first-order valence-corrected chi connectivity index (χ1v) is 8.04. The molecule has 0 bridgehead atoms. The summed E-state index contributed by atoms with van der Waals surface area (Å²) in [5.41, 5.74) is 3.00. The van der Waals surface area contributed by atoms with Crippen LogP contribution in [0.1, 0.15) is 15.9 Å². The third kappa shape index (κ3) is 4.11. The summed E-state index contributed by atoms with van der Waals surface area (Å²) in [5.74, 6) is 0.0445. The molecule has 3 aromatic rings. The Balaban J connectivity index is 1.79. The van der Waals surface area contributed by atoms with Gasteiger partial charge in [0.05, 0.1) is 10.6 Å². The molecule has 0 radical (unpaired) electrons. The molecule has 3 aromatic carbocycles. The van der Waals surface area contributed by atoms with E-state index in [0.29, 0.717) is 11.5 Å². The number of hydrogen-bond acceptors (Lipinski definition) is 3. The van der Waals surface area contributed by atoms with Gasteiger partial charge >= 0.3 is 5.97 Å². The van der Waals surface area contributed by atoms with E-state index >= 15 is 0 Å². The molecule has 0 aliphatic carbocycles. The van der Waals surface area contributed by atoms with Gasteiger partial charge in [0.25, 0.3) is 0 Å². The Morgan fingerprint density at radius 2 is 1.68 bits per heavy atom. The van der Waals surface area contributed by atoms with Crippen LogP contribution in [0.3, 0.4) is 0 Å². The van der Waals surface area contributed by atoms with Gasteiger partial charge in [0.1, 0.15) is 11.5 Å². The van der Waals surface area contributed by atoms with Gasteiger partial charge in [-0.3, -0.25) is 0 Å². The van der Waals surface area contributed by atoms with Crippen LogP contribution < -0.4 is 10.1 Å². The molecular weight excluding hydrogens is 338 g/mol. The van der Waals surface area contributed by atoms with E-state index in [1.54, 1.807) is 6.07 Å². The molecular formula is C20H16ClNO3. The second kappa shape index (κ2) is 7.28. The zero-order chi connectivity index (χ0) is 17.8. The zero-order valence-corrected chi connectivity index (χ0v) is 14.2. The van der Waals surface area contributed by atoms with Crippen LogP contribution in [0, 0.1) is 6.92 Å². The first kappa shape index (κ1) is 16.9. The second-order valence-corrected chi connectivity index (χ2v) is 5.93. The molecule has 0 aliphatic heterocycles. The number of para-hydroxylation sites is 1. The van der Waals surface area contributed by atoms with Gasteiger partial charge in [-0.2, -0.15) is 0 Å². The quantitative estimate of drug-likeness (QED) is 0.601. The molecule has 25 heavy (non-hydrogen) atoms. The van der Waals surface area contributed by atoms with Gasteiger partial charge in [0.2, 0.25) is 0 Å². The van der Waals surface area contributed by atoms with Gasteiger partial charge in [-0.05, 0) is 61.0 Å². The van der Waals surface area contributed by atoms with E-state index in [9.17, 15) is 4.79 Å². The molecule has 0 atom stereocenters. The molecule has 0 unspecified atom stereocenters. The third-order valence-corrected chi connectivity index (χ3v) is 3.93. The van der Waals surface area contributed by atoms with E-state index in [4.69, 9.17) is 21.4 Å². The molecule has 3 rings (SSSR count). The van der Waals surface area contributed by atoms with Crippen LogP contribution in [0.25, 0.3) is 0 Å². The van der Waals surface area contributed by atoms with Crippen LogP contribution >= 0.6 is 11.6 Å². The average molecular weight is 354 g/mol. The van der Waals surface area contributed by atoms with E-state index in [2.05, 4.69) is 5.32 Å². The van der Waals surface area contributed by atoms with Crippen LogP contribution in [0.5, 0.6) is 11.5 Å². The summed E-state index contributed by atoms with van der Waals surface area (Å²) < 4.78 is 5.83. The lowest BCUT2D eigenvalue weighted by Gasteiger charge is -2.13. The maximum Gasteiger partial charge on any atom is 0.335 e. The lowest BCUT2D eigenvalue weighted by molar-refractivity contribution is 0.0697. The predicted octanol–water partition coefficient (Wildman–Crippen LogP) is 5.88.